The van der Waals surface area contributed by atoms with E-state index in [0.29, 0.717) is 31.5 Å². The van der Waals surface area contributed by atoms with Gasteiger partial charge in [0.15, 0.2) is 6.10 Å². The van der Waals surface area contributed by atoms with Crippen molar-refractivity contribution in [3.05, 3.63) is 48.6 Å². The Labute approximate surface area is 373 Å². The van der Waals surface area contributed by atoms with E-state index in [-0.39, 0.29) is 12.8 Å². The van der Waals surface area contributed by atoms with Crippen LogP contribution >= 0.6 is 15.6 Å². The van der Waals surface area contributed by atoms with E-state index in [1.165, 1.54) is 83.5 Å². The van der Waals surface area contributed by atoms with Gasteiger partial charge < -0.3 is 34.0 Å². The number of unbranched alkanes of at least 4 members (excludes halogenated alkanes) is 16. The van der Waals surface area contributed by atoms with Crippen LogP contribution in [0.25, 0.3) is 0 Å². The van der Waals surface area contributed by atoms with Crippen LogP contribution in [0.5, 0.6) is 0 Å². The molecular formula is C46H82O14P2. The Kier molecular flexibility index (Phi) is 35.9. The van der Waals surface area contributed by atoms with Crippen molar-refractivity contribution in [1.82, 2.24) is 0 Å². The van der Waals surface area contributed by atoms with E-state index in [1.54, 1.807) is 0 Å². The highest BCUT2D eigenvalue weighted by atomic mass is 31.2. The zero-order chi connectivity index (χ0) is 45.6. The predicted octanol–water partition coefficient (Wildman–Crippen LogP) is 11.2. The summed E-state index contributed by atoms with van der Waals surface area (Å²) in [6.07, 6.45) is 41.3. The summed E-state index contributed by atoms with van der Waals surface area (Å²) in [5.41, 5.74) is 0. The number of phosphoric ester groups is 2. The van der Waals surface area contributed by atoms with Gasteiger partial charge in [0.2, 0.25) is 0 Å². The minimum atomic E-state index is -4.87. The highest BCUT2D eigenvalue weighted by Gasteiger charge is 2.36. The Morgan fingerprint density at radius 2 is 1.06 bits per heavy atom. The third-order valence-electron chi connectivity index (χ3n) is 10.1. The molecule has 0 spiro atoms. The molecule has 0 saturated carbocycles. The first-order valence-electron chi connectivity index (χ1n) is 23.5. The molecule has 1 rings (SSSR count). The summed E-state index contributed by atoms with van der Waals surface area (Å²) in [6.45, 7) is 1.67. The summed E-state index contributed by atoms with van der Waals surface area (Å²) in [4.78, 5) is 52.8. The molecule has 1 heterocycles. The van der Waals surface area contributed by atoms with Crippen molar-refractivity contribution in [3.8, 4) is 0 Å². The minimum absolute atomic E-state index is 0.112. The van der Waals surface area contributed by atoms with Gasteiger partial charge in [0.05, 0.1) is 32.0 Å². The van der Waals surface area contributed by atoms with E-state index in [9.17, 15) is 28.7 Å². The molecule has 5 atom stereocenters. The SMILES string of the molecule is CCCCCCCC/C=C\CCCCCCCCCC(=O)O[C@H](COC(=O)CCC/C=C\C/C=C\C/C=C\CC1OC1CCCCC)COP(=O)(O)OC[C@@H](O)COP(=O)(O)O. The van der Waals surface area contributed by atoms with E-state index in [1.807, 2.05) is 12.2 Å². The highest BCUT2D eigenvalue weighted by Crippen LogP contribution is 2.44. The number of phosphoric acid groups is 2. The number of aliphatic hydroxyl groups excluding tert-OH is 1. The molecule has 1 saturated heterocycles. The molecule has 0 amide bonds. The lowest BCUT2D eigenvalue weighted by Crippen LogP contribution is -2.30. The van der Waals surface area contributed by atoms with E-state index in [2.05, 4.69) is 59.4 Å². The second-order valence-electron chi connectivity index (χ2n) is 16.1. The number of ether oxygens (including phenoxy) is 3. The number of hydrogen-bond donors (Lipinski definition) is 4. The van der Waals surface area contributed by atoms with Crippen LogP contribution in [0.15, 0.2) is 48.6 Å². The van der Waals surface area contributed by atoms with Crippen LogP contribution in [0.4, 0.5) is 0 Å². The standard InChI is InChI=1S/C46H82O14P2/c1-3-5-7-8-9-10-11-12-13-14-15-16-17-22-25-28-32-36-46(49)59-42(40-58-62(53,54)57-38-41(47)37-56-61(50,51)52)39-55-45(48)35-31-27-24-21-19-18-20-23-26-30-34-44-43(60-44)33-29-6-4-2/h12-13,18,20-21,24,26,30,41-44,47H,3-11,14-17,19,22-23,25,27-29,31-40H2,1-2H3,(H,53,54)(H2,50,51,52)/b13-12-,20-18-,24-21-,30-26-/t41-,42+,43?,44?/m0/s1. The Morgan fingerprint density at radius 1 is 0.565 bits per heavy atom. The third kappa shape index (κ3) is 38.5. The van der Waals surface area contributed by atoms with Crippen molar-refractivity contribution in [1.29, 1.82) is 0 Å². The van der Waals surface area contributed by atoms with Crippen LogP contribution in [0.2, 0.25) is 0 Å². The summed E-state index contributed by atoms with van der Waals surface area (Å²) >= 11 is 0. The van der Waals surface area contributed by atoms with Crippen LogP contribution < -0.4 is 0 Å². The second kappa shape index (κ2) is 38.3. The average molecular weight is 921 g/mol. The van der Waals surface area contributed by atoms with Gasteiger partial charge in [0.1, 0.15) is 12.7 Å². The minimum Gasteiger partial charge on any atom is -0.462 e. The number of epoxide rings is 1. The zero-order valence-corrected chi connectivity index (χ0v) is 39.7. The first-order chi connectivity index (χ1) is 29.8. The lowest BCUT2D eigenvalue weighted by molar-refractivity contribution is -0.161. The molecular weight excluding hydrogens is 838 g/mol. The molecule has 3 unspecified atom stereocenters. The quantitative estimate of drug-likeness (QED) is 0.0148. The van der Waals surface area contributed by atoms with Crippen LogP contribution in [0.1, 0.15) is 181 Å². The monoisotopic (exact) mass is 921 g/mol. The number of esters is 2. The molecule has 0 aromatic rings. The highest BCUT2D eigenvalue weighted by molar-refractivity contribution is 7.47. The van der Waals surface area contributed by atoms with Gasteiger partial charge in [0.25, 0.3) is 0 Å². The molecule has 0 aromatic heterocycles. The molecule has 1 aliphatic rings. The van der Waals surface area contributed by atoms with E-state index in [4.69, 9.17) is 28.5 Å². The van der Waals surface area contributed by atoms with Crippen LogP contribution in [-0.2, 0) is 46.5 Å². The van der Waals surface area contributed by atoms with Gasteiger partial charge in [-0.25, -0.2) is 9.13 Å². The summed E-state index contributed by atoms with van der Waals surface area (Å²) in [5, 5.41) is 9.76. The molecule has 0 aliphatic carbocycles. The van der Waals surface area contributed by atoms with E-state index < -0.39 is 66.2 Å². The molecule has 1 fully saturated rings. The largest absolute Gasteiger partial charge is 0.472 e. The predicted molar refractivity (Wildman–Crippen MR) is 243 cm³/mol. The number of allylic oxidation sites excluding steroid dienone is 7. The molecule has 360 valence electrons. The van der Waals surface area contributed by atoms with Crippen molar-refractivity contribution in [2.75, 3.05) is 26.4 Å². The number of carbonyl (C=O) groups is 2. The molecule has 0 bridgehead atoms. The summed E-state index contributed by atoms with van der Waals surface area (Å²) < 4.78 is 53.5. The molecule has 14 nitrogen and oxygen atoms in total. The van der Waals surface area contributed by atoms with Gasteiger partial charge in [0, 0.05) is 12.8 Å². The Bertz CT molecular complexity index is 1350. The molecule has 4 N–H and O–H groups in total. The average Bonchev–Trinajstić information content (AvgIpc) is 3.99. The van der Waals surface area contributed by atoms with Crippen molar-refractivity contribution in [3.63, 3.8) is 0 Å². The first-order valence-corrected chi connectivity index (χ1v) is 26.5. The van der Waals surface area contributed by atoms with Gasteiger partial charge in [-0.1, -0.05) is 146 Å². The zero-order valence-electron chi connectivity index (χ0n) is 37.9. The van der Waals surface area contributed by atoms with Crippen LogP contribution in [-0.4, -0.2) is 82.6 Å². The van der Waals surface area contributed by atoms with Gasteiger partial charge in [-0.3, -0.25) is 23.2 Å². The number of aliphatic hydroxyl groups is 1. The normalized spacial score (nSPS) is 17.6. The van der Waals surface area contributed by atoms with Gasteiger partial charge in [-0.05, 0) is 70.6 Å². The van der Waals surface area contributed by atoms with Gasteiger partial charge in [-0.2, -0.15) is 0 Å². The Balaban J connectivity index is 2.36. The third-order valence-corrected chi connectivity index (χ3v) is 11.5. The molecule has 16 heteroatoms. The van der Waals surface area contributed by atoms with Gasteiger partial charge >= 0.3 is 27.6 Å². The second-order valence-corrected chi connectivity index (χ2v) is 18.8. The smallest absolute Gasteiger partial charge is 0.462 e. The van der Waals surface area contributed by atoms with E-state index >= 15 is 0 Å². The topological polar surface area (TPSA) is 208 Å². The lowest BCUT2D eigenvalue weighted by atomic mass is 10.1. The maximum absolute atomic E-state index is 12.7. The van der Waals surface area contributed by atoms with Crippen LogP contribution in [0, 0.1) is 0 Å². The maximum Gasteiger partial charge on any atom is 0.472 e. The molecule has 0 aromatic carbocycles. The van der Waals surface area contributed by atoms with Gasteiger partial charge in [-0.15, -0.1) is 0 Å². The maximum atomic E-state index is 12.7. The van der Waals surface area contributed by atoms with Crippen molar-refractivity contribution >= 4 is 27.6 Å². The molecule has 1 aliphatic heterocycles. The molecule has 62 heavy (non-hydrogen) atoms. The number of hydrogen-bond acceptors (Lipinski definition) is 11. The number of carbonyl (C=O) groups excluding carboxylic acids is 2. The van der Waals surface area contributed by atoms with Crippen LogP contribution in [0.3, 0.4) is 0 Å². The fraction of sp³-hybridized carbons (Fsp3) is 0.783. The fourth-order valence-corrected chi connectivity index (χ4v) is 7.59. The van der Waals surface area contributed by atoms with Crippen molar-refractivity contribution < 1.29 is 66.3 Å². The van der Waals surface area contributed by atoms with Crippen molar-refractivity contribution in [2.45, 2.75) is 205 Å². The summed E-state index contributed by atoms with van der Waals surface area (Å²) in [5.74, 6) is -1.11. The number of rotatable bonds is 43. The summed E-state index contributed by atoms with van der Waals surface area (Å²) in [6, 6.07) is 0. The Hall–Kier alpha value is -1.96. The molecule has 0 radical (unpaired) electrons. The fourth-order valence-electron chi connectivity index (χ4n) is 6.43. The van der Waals surface area contributed by atoms with Crippen molar-refractivity contribution in [2.24, 2.45) is 0 Å². The Morgan fingerprint density at radius 3 is 1.71 bits per heavy atom. The lowest BCUT2D eigenvalue weighted by Gasteiger charge is -2.20. The van der Waals surface area contributed by atoms with E-state index in [0.717, 1.165) is 51.4 Å². The summed E-state index contributed by atoms with van der Waals surface area (Å²) in [7, 11) is -9.70. The first kappa shape index (κ1) is 58.1.